The SMILES string of the molecule is COc1ccccc1[C@@H](CNC(=O)Cc1c(F)cccc1Cl)OC. The zero-order valence-corrected chi connectivity index (χ0v) is 14.3. The molecular formula is C18H19ClFNO3. The molecule has 1 atom stereocenters. The number of methoxy groups -OCH3 is 2. The molecule has 0 aromatic heterocycles. The van der Waals surface area contributed by atoms with E-state index in [4.69, 9.17) is 21.1 Å². The van der Waals surface area contributed by atoms with Crippen LogP contribution >= 0.6 is 11.6 Å². The van der Waals surface area contributed by atoms with Crippen molar-refractivity contribution in [3.05, 3.63) is 64.4 Å². The summed E-state index contributed by atoms with van der Waals surface area (Å²) in [5.74, 6) is -0.152. The third kappa shape index (κ3) is 4.46. The van der Waals surface area contributed by atoms with Crippen molar-refractivity contribution in [3.8, 4) is 5.75 Å². The number of halogens is 2. The molecule has 1 N–H and O–H groups in total. The lowest BCUT2D eigenvalue weighted by molar-refractivity contribution is -0.121. The number of benzene rings is 2. The average molecular weight is 352 g/mol. The molecule has 0 aliphatic heterocycles. The standard InChI is InChI=1S/C18H19ClFNO3/c1-23-16-9-4-3-6-12(16)17(24-2)11-21-18(22)10-13-14(19)7-5-8-15(13)20/h3-9,17H,10-11H2,1-2H3,(H,21,22)/t17-/m1/s1. The van der Waals surface area contributed by atoms with Crippen molar-refractivity contribution in [1.29, 1.82) is 0 Å². The molecule has 0 spiro atoms. The fraction of sp³-hybridized carbons (Fsp3) is 0.278. The number of hydrogen-bond donors (Lipinski definition) is 1. The van der Waals surface area contributed by atoms with Gasteiger partial charge in [-0.1, -0.05) is 35.9 Å². The molecule has 0 heterocycles. The quantitative estimate of drug-likeness (QED) is 0.830. The molecule has 0 radical (unpaired) electrons. The number of hydrogen-bond acceptors (Lipinski definition) is 3. The minimum Gasteiger partial charge on any atom is -0.496 e. The normalized spacial score (nSPS) is 11.8. The first-order valence-electron chi connectivity index (χ1n) is 7.42. The molecule has 0 bridgehead atoms. The Bertz CT molecular complexity index is 688. The predicted molar refractivity (Wildman–Crippen MR) is 90.9 cm³/mol. The Morgan fingerprint density at radius 1 is 1.21 bits per heavy atom. The van der Waals surface area contributed by atoms with E-state index in [-0.39, 0.29) is 35.6 Å². The molecule has 1 amide bonds. The number of carbonyl (C=O) groups is 1. The van der Waals surface area contributed by atoms with Gasteiger partial charge in [0.15, 0.2) is 0 Å². The molecule has 24 heavy (non-hydrogen) atoms. The lowest BCUT2D eigenvalue weighted by Gasteiger charge is -2.19. The lowest BCUT2D eigenvalue weighted by atomic mass is 10.1. The molecule has 0 saturated carbocycles. The molecule has 0 fully saturated rings. The van der Waals surface area contributed by atoms with Crippen LogP contribution in [0.5, 0.6) is 5.75 Å². The number of amides is 1. The van der Waals surface area contributed by atoms with E-state index in [2.05, 4.69) is 5.32 Å². The summed E-state index contributed by atoms with van der Waals surface area (Å²) in [6.07, 6.45) is -0.505. The van der Waals surface area contributed by atoms with E-state index in [1.54, 1.807) is 20.3 Å². The molecule has 4 nitrogen and oxygen atoms in total. The first-order chi connectivity index (χ1) is 11.6. The largest absolute Gasteiger partial charge is 0.496 e. The second-order valence-corrected chi connectivity index (χ2v) is 5.55. The Morgan fingerprint density at radius 3 is 2.62 bits per heavy atom. The van der Waals surface area contributed by atoms with Crippen molar-refractivity contribution in [2.45, 2.75) is 12.5 Å². The summed E-state index contributed by atoms with van der Waals surface area (Å²) in [4.78, 5) is 12.1. The van der Waals surface area contributed by atoms with Gasteiger partial charge in [0.2, 0.25) is 5.91 Å². The highest BCUT2D eigenvalue weighted by atomic mass is 35.5. The number of carbonyl (C=O) groups excluding carboxylic acids is 1. The third-order valence-corrected chi connectivity index (χ3v) is 4.01. The highest BCUT2D eigenvalue weighted by Crippen LogP contribution is 2.26. The Balaban J connectivity index is 2.02. The Hall–Kier alpha value is -2.11. The molecule has 128 valence electrons. The van der Waals surface area contributed by atoms with Crippen LogP contribution in [0.1, 0.15) is 17.2 Å². The maximum Gasteiger partial charge on any atom is 0.224 e. The summed E-state index contributed by atoms with van der Waals surface area (Å²) < 4.78 is 24.5. The van der Waals surface area contributed by atoms with Gasteiger partial charge in [0, 0.05) is 29.8 Å². The van der Waals surface area contributed by atoms with E-state index in [1.807, 2.05) is 24.3 Å². The van der Waals surface area contributed by atoms with Crippen molar-refractivity contribution in [3.63, 3.8) is 0 Å². The summed E-state index contributed by atoms with van der Waals surface area (Å²) in [6.45, 7) is 0.238. The van der Waals surface area contributed by atoms with Crippen LogP contribution in [0.4, 0.5) is 4.39 Å². The Labute approximate surface area is 145 Å². The highest BCUT2D eigenvalue weighted by Gasteiger charge is 2.17. The van der Waals surface area contributed by atoms with E-state index in [0.717, 1.165) is 5.56 Å². The molecule has 2 aromatic carbocycles. The zero-order chi connectivity index (χ0) is 17.5. The fourth-order valence-corrected chi connectivity index (χ4v) is 2.61. The first kappa shape index (κ1) is 18.2. The topological polar surface area (TPSA) is 47.6 Å². The van der Waals surface area contributed by atoms with E-state index in [1.165, 1.54) is 12.1 Å². The summed E-state index contributed by atoms with van der Waals surface area (Å²) in [7, 11) is 3.13. The highest BCUT2D eigenvalue weighted by molar-refractivity contribution is 6.31. The molecule has 6 heteroatoms. The Morgan fingerprint density at radius 2 is 1.96 bits per heavy atom. The van der Waals surface area contributed by atoms with Crippen LogP contribution in [0, 0.1) is 5.82 Å². The van der Waals surface area contributed by atoms with Gasteiger partial charge in [-0.3, -0.25) is 4.79 Å². The molecule has 0 aliphatic carbocycles. The van der Waals surface area contributed by atoms with Gasteiger partial charge in [-0.15, -0.1) is 0 Å². The summed E-state index contributed by atoms with van der Waals surface area (Å²) >= 11 is 5.94. The van der Waals surface area contributed by atoms with Gasteiger partial charge in [-0.05, 0) is 18.2 Å². The monoisotopic (exact) mass is 351 g/mol. The van der Waals surface area contributed by atoms with Crippen LogP contribution in [0.15, 0.2) is 42.5 Å². The predicted octanol–water partition coefficient (Wildman–Crippen LogP) is 3.53. The number of nitrogens with one attached hydrogen (secondary N) is 1. The van der Waals surface area contributed by atoms with Crippen molar-refractivity contribution >= 4 is 17.5 Å². The molecule has 0 aliphatic rings. The summed E-state index contributed by atoms with van der Waals surface area (Å²) in [5.41, 5.74) is 1.01. The average Bonchev–Trinajstić information content (AvgIpc) is 2.59. The van der Waals surface area contributed by atoms with Crippen molar-refractivity contribution in [2.75, 3.05) is 20.8 Å². The van der Waals surface area contributed by atoms with Crippen molar-refractivity contribution < 1.29 is 18.7 Å². The smallest absolute Gasteiger partial charge is 0.224 e. The Kier molecular flexibility index (Phi) is 6.58. The maximum atomic E-state index is 13.7. The second-order valence-electron chi connectivity index (χ2n) is 5.15. The van der Waals surface area contributed by atoms with Gasteiger partial charge in [-0.25, -0.2) is 4.39 Å². The molecule has 2 aromatic rings. The minimum atomic E-state index is -0.495. The van der Waals surface area contributed by atoms with E-state index >= 15 is 0 Å². The molecule has 0 unspecified atom stereocenters. The number of para-hydroxylation sites is 1. The van der Waals surface area contributed by atoms with Gasteiger partial charge in [-0.2, -0.15) is 0 Å². The number of ether oxygens (including phenoxy) is 2. The molecule has 2 rings (SSSR count). The zero-order valence-electron chi connectivity index (χ0n) is 13.5. The van der Waals surface area contributed by atoms with Crippen LogP contribution < -0.4 is 10.1 Å². The molecular weight excluding hydrogens is 333 g/mol. The van der Waals surface area contributed by atoms with Gasteiger partial charge in [0.1, 0.15) is 17.7 Å². The first-order valence-corrected chi connectivity index (χ1v) is 7.80. The van der Waals surface area contributed by atoms with Crippen molar-refractivity contribution in [2.24, 2.45) is 0 Å². The van der Waals surface area contributed by atoms with Crippen LogP contribution in [0.2, 0.25) is 5.02 Å². The van der Waals surface area contributed by atoms with Crippen LogP contribution in [0.25, 0.3) is 0 Å². The molecule has 0 saturated heterocycles. The van der Waals surface area contributed by atoms with Crippen LogP contribution in [-0.2, 0) is 16.0 Å². The second kappa shape index (κ2) is 8.66. The fourth-order valence-electron chi connectivity index (χ4n) is 2.38. The van der Waals surface area contributed by atoms with Gasteiger partial charge in [0.25, 0.3) is 0 Å². The van der Waals surface area contributed by atoms with Gasteiger partial charge >= 0.3 is 0 Å². The van der Waals surface area contributed by atoms with E-state index in [0.29, 0.717) is 5.75 Å². The van der Waals surface area contributed by atoms with Crippen LogP contribution in [-0.4, -0.2) is 26.7 Å². The van der Waals surface area contributed by atoms with E-state index < -0.39 is 5.82 Å². The lowest BCUT2D eigenvalue weighted by Crippen LogP contribution is -2.30. The van der Waals surface area contributed by atoms with Crippen LogP contribution in [0.3, 0.4) is 0 Å². The van der Waals surface area contributed by atoms with Crippen molar-refractivity contribution in [1.82, 2.24) is 5.32 Å². The van der Waals surface area contributed by atoms with Gasteiger partial charge < -0.3 is 14.8 Å². The van der Waals surface area contributed by atoms with Gasteiger partial charge in [0.05, 0.1) is 13.5 Å². The summed E-state index contributed by atoms with van der Waals surface area (Å²) in [6, 6.07) is 11.7. The number of rotatable bonds is 7. The minimum absolute atomic E-state index is 0.131. The summed E-state index contributed by atoms with van der Waals surface area (Å²) in [5, 5.41) is 2.98. The maximum absolute atomic E-state index is 13.7. The third-order valence-electron chi connectivity index (χ3n) is 3.65. The van der Waals surface area contributed by atoms with E-state index in [9.17, 15) is 9.18 Å².